The zero-order chi connectivity index (χ0) is 26.2. The molecule has 0 bridgehead atoms. The number of amides is 1. The molecule has 1 amide bonds. The highest BCUT2D eigenvalue weighted by Crippen LogP contribution is 2.71. The molecule has 12 atom stereocenters. The van der Waals surface area contributed by atoms with Gasteiger partial charge < -0.3 is 19.7 Å². The van der Waals surface area contributed by atoms with Crippen molar-refractivity contribution in [1.29, 1.82) is 0 Å². The number of hydrogen-bond donors (Lipinski definition) is 1. The number of fused-ring (bicyclic) bond motifs is 7. The number of hydrogen-bond acceptors (Lipinski definition) is 4. The fourth-order valence-electron chi connectivity index (χ4n) is 11.0. The van der Waals surface area contributed by atoms with Gasteiger partial charge in [-0.15, -0.1) is 0 Å². The van der Waals surface area contributed by atoms with Gasteiger partial charge in [-0.1, -0.05) is 27.7 Å². The van der Waals surface area contributed by atoms with Crippen LogP contribution in [0.3, 0.4) is 0 Å². The van der Waals surface area contributed by atoms with Crippen LogP contribution in [0.1, 0.15) is 98.3 Å². The first-order valence-electron chi connectivity index (χ1n) is 15.8. The van der Waals surface area contributed by atoms with Crippen LogP contribution in [0.2, 0.25) is 0 Å². The Bertz CT molecular complexity index is 868. The first-order valence-corrected chi connectivity index (χ1v) is 15.8. The van der Waals surface area contributed by atoms with Gasteiger partial charge in [-0.3, -0.25) is 4.79 Å². The van der Waals surface area contributed by atoms with Crippen LogP contribution in [0.4, 0.5) is 0 Å². The summed E-state index contributed by atoms with van der Waals surface area (Å²) in [4.78, 5) is 14.6. The highest BCUT2D eigenvalue weighted by Gasteiger charge is 2.69. The Hall–Kier alpha value is -0.650. The van der Waals surface area contributed by atoms with E-state index in [0.29, 0.717) is 47.2 Å². The van der Waals surface area contributed by atoms with Crippen LogP contribution < -0.4 is 5.32 Å². The lowest BCUT2D eigenvalue weighted by Gasteiger charge is -2.61. The van der Waals surface area contributed by atoms with Crippen molar-refractivity contribution >= 4 is 5.91 Å². The highest BCUT2D eigenvalue weighted by atomic mass is 16.7. The molecule has 4 aliphatic carbocycles. The normalized spacial score (nSPS) is 52.9. The van der Waals surface area contributed by atoms with E-state index in [0.717, 1.165) is 49.7 Å². The molecule has 2 heterocycles. The van der Waals surface area contributed by atoms with Gasteiger partial charge in [0.25, 0.3) is 0 Å². The van der Waals surface area contributed by atoms with E-state index in [4.69, 9.17) is 9.47 Å². The molecule has 6 fully saturated rings. The number of carbonyl (C=O) groups is 1. The summed E-state index contributed by atoms with van der Waals surface area (Å²) in [5.41, 5.74) is 0.852. The Morgan fingerprint density at radius 3 is 2.46 bits per heavy atom. The van der Waals surface area contributed by atoms with E-state index >= 15 is 0 Å². The fraction of sp³-hybridized carbons (Fsp3) is 0.969. The third-order valence-electron chi connectivity index (χ3n) is 13.1. The number of carbonyl (C=O) groups excluding carboxylic acids is 1. The van der Waals surface area contributed by atoms with E-state index in [1.165, 1.54) is 51.4 Å². The standard InChI is InChI=1S/C32H54N2O3/c1-20-9-15-32(36-19-20)21(2)29-27(37-32)18-26-24-8-7-22-17-23(33-28(35)12-16-34(5)6)10-13-30(22,3)25(24)11-14-31(26,29)4/h20-27,29H,7-19H2,1-6H3,(H,33,35)/t20-,21-,22+,23?,24+,25-,26-,27-,29-,30-,31-,32+/m0/s1. The van der Waals surface area contributed by atoms with Gasteiger partial charge in [0.2, 0.25) is 5.91 Å². The molecule has 1 spiro atoms. The Balaban J connectivity index is 1.13. The predicted octanol–water partition coefficient (Wildman–Crippen LogP) is 5.87. The van der Waals surface area contributed by atoms with E-state index in [1.54, 1.807) is 0 Å². The molecular formula is C32H54N2O3. The first kappa shape index (κ1) is 26.6. The van der Waals surface area contributed by atoms with Gasteiger partial charge in [-0.05, 0) is 118 Å². The average molecular weight is 515 g/mol. The zero-order valence-electron chi connectivity index (χ0n) is 24.6. The molecule has 0 aromatic carbocycles. The largest absolute Gasteiger partial charge is 0.353 e. The number of ether oxygens (including phenoxy) is 2. The summed E-state index contributed by atoms with van der Waals surface area (Å²) in [5.74, 6) is 5.06. The second-order valence-corrected chi connectivity index (χ2v) is 15.3. The molecule has 4 saturated carbocycles. The quantitative estimate of drug-likeness (QED) is 0.510. The molecule has 1 N–H and O–H groups in total. The van der Waals surface area contributed by atoms with Gasteiger partial charge in [-0.25, -0.2) is 0 Å². The topological polar surface area (TPSA) is 50.8 Å². The lowest BCUT2D eigenvalue weighted by molar-refractivity contribution is -0.273. The van der Waals surface area contributed by atoms with Crippen LogP contribution in [0.25, 0.3) is 0 Å². The number of nitrogens with zero attached hydrogens (tertiary/aromatic N) is 1. The summed E-state index contributed by atoms with van der Waals surface area (Å²) in [7, 11) is 4.08. The minimum absolute atomic E-state index is 0.241. The Kier molecular flexibility index (Phi) is 6.80. The average Bonchev–Trinajstić information content (AvgIpc) is 3.30. The fourth-order valence-corrected chi connectivity index (χ4v) is 11.0. The van der Waals surface area contributed by atoms with E-state index in [1.807, 2.05) is 14.1 Å². The minimum atomic E-state index is -0.300. The maximum Gasteiger partial charge on any atom is 0.221 e. The zero-order valence-corrected chi connectivity index (χ0v) is 24.6. The Morgan fingerprint density at radius 2 is 1.73 bits per heavy atom. The molecular weight excluding hydrogens is 460 g/mol. The van der Waals surface area contributed by atoms with Crippen molar-refractivity contribution in [1.82, 2.24) is 10.2 Å². The van der Waals surface area contributed by atoms with Crippen LogP contribution in [0, 0.1) is 52.3 Å². The minimum Gasteiger partial charge on any atom is -0.353 e. The van der Waals surface area contributed by atoms with Crippen molar-refractivity contribution in [3.05, 3.63) is 0 Å². The lowest BCUT2D eigenvalue weighted by Crippen LogP contribution is -2.56. The van der Waals surface area contributed by atoms with Crippen molar-refractivity contribution < 1.29 is 14.3 Å². The van der Waals surface area contributed by atoms with Crippen molar-refractivity contribution in [2.24, 2.45) is 52.3 Å². The predicted molar refractivity (Wildman–Crippen MR) is 147 cm³/mol. The summed E-state index contributed by atoms with van der Waals surface area (Å²) in [6.07, 6.45) is 13.7. The molecule has 2 aliphatic heterocycles. The summed E-state index contributed by atoms with van der Waals surface area (Å²) < 4.78 is 13.5. The monoisotopic (exact) mass is 514 g/mol. The molecule has 37 heavy (non-hydrogen) atoms. The third-order valence-corrected chi connectivity index (χ3v) is 13.1. The molecule has 1 unspecified atom stereocenters. The summed E-state index contributed by atoms with van der Waals surface area (Å²) in [6.45, 7) is 11.8. The van der Waals surface area contributed by atoms with Gasteiger partial charge in [0, 0.05) is 31.3 Å². The molecule has 6 aliphatic rings. The van der Waals surface area contributed by atoms with Crippen LogP contribution in [0.15, 0.2) is 0 Å². The van der Waals surface area contributed by atoms with E-state index in [2.05, 4.69) is 37.9 Å². The number of nitrogens with one attached hydrogen (secondary N) is 1. The molecule has 6 rings (SSSR count). The van der Waals surface area contributed by atoms with E-state index in [-0.39, 0.29) is 11.7 Å². The maximum absolute atomic E-state index is 12.5. The van der Waals surface area contributed by atoms with Crippen LogP contribution in [-0.4, -0.2) is 56.0 Å². The van der Waals surface area contributed by atoms with Gasteiger partial charge in [0.05, 0.1) is 12.7 Å². The molecule has 5 nitrogen and oxygen atoms in total. The molecule has 210 valence electrons. The van der Waals surface area contributed by atoms with Crippen molar-refractivity contribution in [2.45, 2.75) is 116 Å². The summed E-state index contributed by atoms with van der Waals surface area (Å²) >= 11 is 0. The second-order valence-electron chi connectivity index (χ2n) is 15.3. The van der Waals surface area contributed by atoms with Gasteiger partial charge in [-0.2, -0.15) is 0 Å². The molecule has 0 radical (unpaired) electrons. The molecule has 0 aromatic heterocycles. The Labute approximate surface area is 226 Å². The van der Waals surface area contributed by atoms with E-state index in [9.17, 15) is 4.79 Å². The van der Waals surface area contributed by atoms with Crippen molar-refractivity contribution in [2.75, 3.05) is 27.2 Å². The van der Waals surface area contributed by atoms with Crippen molar-refractivity contribution in [3.8, 4) is 0 Å². The lowest BCUT2D eigenvalue weighted by atomic mass is 9.44. The van der Waals surface area contributed by atoms with Crippen LogP contribution in [0.5, 0.6) is 0 Å². The van der Waals surface area contributed by atoms with Crippen LogP contribution >= 0.6 is 0 Å². The van der Waals surface area contributed by atoms with Gasteiger partial charge in [0.15, 0.2) is 5.79 Å². The molecule has 2 saturated heterocycles. The van der Waals surface area contributed by atoms with Crippen molar-refractivity contribution in [3.63, 3.8) is 0 Å². The maximum atomic E-state index is 12.5. The smallest absolute Gasteiger partial charge is 0.221 e. The highest BCUT2D eigenvalue weighted by molar-refractivity contribution is 5.76. The SMILES string of the molecule is C[C@H]1CC[C@@]2(OC1)O[C@H]1C[C@H]3[C@@H]4CC[C@@H]5CC(NC(=O)CCN(C)C)CC[C@]5(C)[C@H]4CC[C@]3(C)[C@H]1[C@@H]2C. The Morgan fingerprint density at radius 1 is 0.946 bits per heavy atom. The summed E-state index contributed by atoms with van der Waals surface area (Å²) in [5, 5.41) is 3.41. The van der Waals surface area contributed by atoms with E-state index < -0.39 is 0 Å². The summed E-state index contributed by atoms with van der Waals surface area (Å²) in [6, 6.07) is 0.382. The van der Waals surface area contributed by atoms with Gasteiger partial charge >= 0.3 is 0 Å². The number of rotatable bonds is 4. The second kappa shape index (κ2) is 9.47. The van der Waals surface area contributed by atoms with Crippen LogP contribution in [-0.2, 0) is 14.3 Å². The first-order chi connectivity index (χ1) is 17.6. The van der Waals surface area contributed by atoms with Gasteiger partial charge in [0.1, 0.15) is 0 Å². The third kappa shape index (κ3) is 4.24. The molecule has 0 aromatic rings. The molecule has 5 heteroatoms.